The molecule has 0 radical (unpaired) electrons. The molecule has 0 atom stereocenters. The predicted octanol–water partition coefficient (Wildman–Crippen LogP) is 5.22. The van der Waals surface area contributed by atoms with E-state index in [1.54, 1.807) is 7.11 Å². The average Bonchev–Trinajstić information content (AvgIpc) is 2.69. The molecule has 0 aromatic carbocycles. The molecule has 28 heavy (non-hydrogen) atoms. The third-order valence-electron chi connectivity index (χ3n) is 5.07. The average molecular weight is 507 g/mol. The minimum absolute atomic E-state index is 0.193. The van der Waals surface area contributed by atoms with Gasteiger partial charge >= 0.3 is 178 Å². The second-order valence-corrected chi connectivity index (χ2v) is 21.4. The Morgan fingerprint density at radius 1 is 0.821 bits per heavy atom. The first-order valence-corrected chi connectivity index (χ1v) is 19.1. The molecule has 0 saturated heterocycles. The molecule has 0 aromatic heterocycles. The molecule has 0 bridgehead atoms. The summed E-state index contributed by atoms with van der Waals surface area (Å²) in [4.78, 5) is 12.2. The molecule has 0 aliphatic heterocycles. The third kappa shape index (κ3) is 14.0. The van der Waals surface area contributed by atoms with Crippen molar-refractivity contribution in [1.29, 1.82) is 0 Å². The Hall–Kier alpha value is -0.111. The maximum absolute atomic E-state index is 12.2. The summed E-state index contributed by atoms with van der Waals surface area (Å²) < 4.78 is 26.2. The summed E-state index contributed by atoms with van der Waals surface area (Å²) in [7, 11) is 1.67. The normalized spacial score (nSPS) is 11.6. The molecule has 0 unspecified atom stereocenters. The number of unbranched alkanes of at least 4 members (excludes halogenated alkanes) is 2. The SMILES string of the molecule is C=C([CH2][Sn]([CH2]CCC)([CH2]CCC)[CH2]CCOCCOCCOC)C(=O)OCC. The van der Waals surface area contributed by atoms with Crippen LogP contribution in [0.3, 0.4) is 0 Å². The van der Waals surface area contributed by atoms with Crippen LogP contribution in [-0.4, -0.2) is 71.1 Å². The molecular formula is C22H44O5Sn. The first-order valence-electron chi connectivity index (χ1n) is 11.0. The van der Waals surface area contributed by atoms with Gasteiger partial charge in [-0.3, -0.25) is 0 Å². The first kappa shape index (κ1) is 27.9. The Labute approximate surface area is 177 Å². The number of ether oxygens (including phenoxy) is 4. The monoisotopic (exact) mass is 508 g/mol. The fourth-order valence-electron chi connectivity index (χ4n) is 3.52. The van der Waals surface area contributed by atoms with Gasteiger partial charge in [0.05, 0.1) is 0 Å². The second kappa shape index (κ2) is 18.9. The van der Waals surface area contributed by atoms with Crippen LogP contribution in [0.1, 0.15) is 52.9 Å². The number of carbonyl (C=O) groups excluding carboxylic acids is 1. The molecule has 0 N–H and O–H groups in total. The van der Waals surface area contributed by atoms with Crippen LogP contribution in [0.2, 0.25) is 17.7 Å². The van der Waals surface area contributed by atoms with Crippen molar-refractivity contribution < 1.29 is 23.7 Å². The zero-order valence-corrected chi connectivity index (χ0v) is 21.7. The van der Waals surface area contributed by atoms with Crippen LogP contribution in [0.4, 0.5) is 0 Å². The molecule has 0 aliphatic rings. The van der Waals surface area contributed by atoms with Gasteiger partial charge in [-0.05, 0) is 0 Å². The van der Waals surface area contributed by atoms with Gasteiger partial charge in [0.25, 0.3) is 0 Å². The van der Waals surface area contributed by atoms with E-state index in [1.807, 2.05) is 6.92 Å². The molecule has 0 aromatic rings. The summed E-state index contributed by atoms with van der Waals surface area (Å²) in [5.74, 6) is -0.193. The quantitative estimate of drug-likeness (QED) is 0.0979. The predicted molar refractivity (Wildman–Crippen MR) is 119 cm³/mol. The Bertz CT molecular complexity index is 392. The van der Waals surface area contributed by atoms with E-state index in [1.165, 1.54) is 39.0 Å². The van der Waals surface area contributed by atoms with Crippen LogP contribution < -0.4 is 0 Å². The molecule has 0 aliphatic carbocycles. The fourth-order valence-corrected chi connectivity index (χ4v) is 19.0. The van der Waals surface area contributed by atoms with E-state index in [-0.39, 0.29) is 5.97 Å². The number of hydrogen-bond donors (Lipinski definition) is 0. The van der Waals surface area contributed by atoms with Gasteiger partial charge in [0.2, 0.25) is 0 Å². The van der Waals surface area contributed by atoms with Gasteiger partial charge in [-0.1, -0.05) is 0 Å². The summed E-state index contributed by atoms with van der Waals surface area (Å²) >= 11 is -2.49. The molecule has 166 valence electrons. The van der Waals surface area contributed by atoms with Crippen molar-refractivity contribution in [3.8, 4) is 0 Å². The molecule has 5 nitrogen and oxygen atoms in total. The molecule has 0 spiro atoms. The topological polar surface area (TPSA) is 54.0 Å². The molecule has 6 heteroatoms. The van der Waals surface area contributed by atoms with Crippen LogP contribution in [0, 0.1) is 0 Å². The Morgan fingerprint density at radius 3 is 1.89 bits per heavy atom. The van der Waals surface area contributed by atoms with Crippen molar-refractivity contribution in [3.05, 3.63) is 12.2 Å². The molecule has 0 heterocycles. The van der Waals surface area contributed by atoms with E-state index < -0.39 is 18.4 Å². The first-order chi connectivity index (χ1) is 13.5. The van der Waals surface area contributed by atoms with E-state index in [0.29, 0.717) is 38.6 Å². The van der Waals surface area contributed by atoms with Crippen LogP contribution in [0.25, 0.3) is 0 Å². The summed E-state index contributed by atoms with van der Waals surface area (Å²) in [5.41, 5.74) is 0.706. The molecule has 0 rings (SSSR count). The molecule has 0 saturated carbocycles. The van der Waals surface area contributed by atoms with E-state index in [4.69, 9.17) is 18.9 Å². The summed E-state index contributed by atoms with van der Waals surface area (Å²) in [6.07, 6.45) is 6.05. The molecule has 0 fully saturated rings. The van der Waals surface area contributed by atoms with Crippen LogP contribution in [0.5, 0.6) is 0 Å². The van der Waals surface area contributed by atoms with Gasteiger partial charge in [-0.2, -0.15) is 0 Å². The van der Waals surface area contributed by atoms with Gasteiger partial charge in [-0.25, -0.2) is 0 Å². The summed E-state index contributed by atoms with van der Waals surface area (Å²) in [6.45, 7) is 14.1. The van der Waals surface area contributed by atoms with Crippen LogP contribution in [-0.2, 0) is 23.7 Å². The van der Waals surface area contributed by atoms with Gasteiger partial charge < -0.3 is 0 Å². The van der Waals surface area contributed by atoms with Crippen molar-refractivity contribution in [2.75, 3.05) is 46.8 Å². The zero-order valence-electron chi connectivity index (χ0n) is 18.9. The van der Waals surface area contributed by atoms with Gasteiger partial charge in [0.1, 0.15) is 0 Å². The number of methoxy groups -OCH3 is 1. The standard InChI is InChI=1S/C8H17O3.C6H9O2.2C4H9.Sn/c1-3-4-10-7-8-11-6-5-9-2;1-4-8-6(7)5(2)3;2*1-3-4-2;/h1,3-8H2,2H3;2-4H2,1H3;2*1,3-4H2,2H3;. The summed E-state index contributed by atoms with van der Waals surface area (Å²) in [6, 6.07) is 0. The van der Waals surface area contributed by atoms with E-state index in [2.05, 4.69) is 20.4 Å². The molecule has 0 amide bonds. The van der Waals surface area contributed by atoms with E-state index in [0.717, 1.165) is 17.5 Å². The Balaban J connectivity index is 4.59. The zero-order chi connectivity index (χ0) is 21.1. The van der Waals surface area contributed by atoms with Crippen LogP contribution in [0.15, 0.2) is 12.2 Å². The van der Waals surface area contributed by atoms with Crippen molar-refractivity contribution in [1.82, 2.24) is 0 Å². The number of carbonyl (C=O) groups is 1. The van der Waals surface area contributed by atoms with E-state index in [9.17, 15) is 4.79 Å². The summed E-state index contributed by atoms with van der Waals surface area (Å²) in [5, 5.41) is 0. The van der Waals surface area contributed by atoms with Gasteiger partial charge in [0, 0.05) is 0 Å². The fraction of sp³-hybridized carbons (Fsp3) is 0.864. The van der Waals surface area contributed by atoms with Gasteiger partial charge in [0.15, 0.2) is 0 Å². The number of hydrogen-bond acceptors (Lipinski definition) is 5. The second-order valence-electron chi connectivity index (χ2n) is 7.53. The molecular weight excluding hydrogens is 463 g/mol. The van der Waals surface area contributed by atoms with Crippen molar-refractivity contribution >= 4 is 24.3 Å². The Morgan fingerprint density at radius 2 is 1.36 bits per heavy atom. The maximum atomic E-state index is 12.2. The number of esters is 1. The van der Waals surface area contributed by atoms with Crippen molar-refractivity contribution in [2.24, 2.45) is 0 Å². The Kier molecular flexibility index (Phi) is 18.8. The van der Waals surface area contributed by atoms with Gasteiger partial charge in [-0.15, -0.1) is 0 Å². The van der Waals surface area contributed by atoms with Crippen molar-refractivity contribution in [2.45, 2.75) is 70.6 Å². The third-order valence-corrected chi connectivity index (χ3v) is 20.5. The number of rotatable bonds is 20. The van der Waals surface area contributed by atoms with Crippen molar-refractivity contribution in [3.63, 3.8) is 0 Å². The van der Waals surface area contributed by atoms with E-state index >= 15 is 0 Å². The minimum atomic E-state index is -2.49. The van der Waals surface area contributed by atoms with Crippen LogP contribution >= 0.6 is 0 Å².